The van der Waals surface area contributed by atoms with Crippen LogP contribution in [0.5, 0.6) is 0 Å². The Hall–Kier alpha value is -2.50. The molecule has 1 saturated heterocycles. The monoisotopic (exact) mass is 335 g/mol. The van der Waals surface area contributed by atoms with Gasteiger partial charge in [0.05, 0.1) is 31.4 Å². The molecule has 3 aromatic rings. The molecule has 0 amide bonds. The highest BCUT2D eigenvalue weighted by Crippen LogP contribution is 2.46. The molecule has 4 rings (SSSR count). The van der Waals surface area contributed by atoms with Gasteiger partial charge in [-0.1, -0.05) is 65.9 Å². The quantitative estimate of drug-likeness (QED) is 0.717. The molecule has 128 valence electrons. The highest BCUT2D eigenvalue weighted by molar-refractivity contribution is 5.30. The predicted molar refractivity (Wildman–Crippen MR) is 93.8 cm³/mol. The summed E-state index contributed by atoms with van der Waals surface area (Å²) in [5.74, 6) is -0.892. The van der Waals surface area contributed by atoms with Crippen molar-refractivity contribution >= 4 is 0 Å². The van der Waals surface area contributed by atoms with Gasteiger partial charge in [0, 0.05) is 11.8 Å². The summed E-state index contributed by atoms with van der Waals surface area (Å²) in [7, 11) is 0. The molecule has 2 heterocycles. The van der Waals surface area contributed by atoms with E-state index in [0.29, 0.717) is 13.2 Å². The van der Waals surface area contributed by atoms with E-state index in [1.54, 1.807) is 6.20 Å². The van der Waals surface area contributed by atoms with Crippen molar-refractivity contribution < 1.29 is 9.47 Å². The molecule has 5 nitrogen and oxygen atoms in total. The summed E-state index contributed by atoms with van der Waals surface area (Å²) in [5, 5.41) is 8.09. The zero-order valence-electron chi connectivity index (χ0n) is 14.2. The lowest BCUT2D eigenvalue weighted by Crippen LogP contribution is -2.38. The third-order valence-electron chi connectivity index (χ3n) is 4.59. The standard InChI is InChI=1S/C20H21N3O2/c1-16-15-24-20(25-16,18-10-6-3-7-11-18)19(14-23-13-12-21-22-23)17-8-4-2-5-9-17/h2-13,16,19H,14-15H2,1H3. The Morgan fingerprint density at radius 1 is 1.12 bits per heavy atom. The van der Waals surface area contributed by atoms with Gasteiger partial charge in [-0.2, -0.15) is 0 Å². The van der Waals surface area contributed by atoms with Gasteiger partial charge in [-0.15, -0.1) is 5.10 Å². The summed E-state index contributed by atoms with van der Waals surface area (Å²) in [6, 6.07) is 20.5. The first-order valence-corrected chi connectivity index (χ1v) is 8.54. The van der Waals surface area contributed by atoms with Crippen molar-refractivity contribution in [2.45, 2.75) is 31.3 Å². The summed E-state index contributed by atoms with van der Waals surface area (Å²) in [6.07, 6.45) is 3.59. The van der Waals surface area contributed by atoms with Crippen molar-refractivity contribution in [3.8, 4) is 0 Å². The van der Waals surface area contributed by atoms with Crippen molar-refractivity contribution in [2.75, 3.05) is 6.61 Å². The number of hydrogen-bond donors (Lipinski definition) is 0. The highest BCUT2D eigenvalue weighted by atomic mass is 16.7. The van der Waals surface area contributed by atoms with Crippen LogP contribution in [0.25, 0.3) is 0 Å². The number of benzene rings is 2. The molecule has 0 bridgehead atoms. The molecule has 1 aliphatic heterocycles. The molecule has 0 saturated carbocycles. The molecule has 1 fully saturated rings. The lowest BCUT2D eigenvalue weighted by molar-refractivity contribution is -0.196. The maximum absolute atomic E-state index is 6.42. The van der Waals surface area contributed by atoms with Gasteiger partial charge in [0.15, 0.2) is 0 Å². The van der Waals surface area contributed by atoms with E-state index in [2.05, 4.69) is 34.6 Å². The fraction of sp³-hybridized carbons (Fsp3) is 0.300. The Kier molecular flexibility index (Phi) is 4.34. The fourth-order valence-corrected chi connectivity index (χ4v) is 3.46. The van der Waals surface area contributed by atoms with E-state index in [4.69, 9.17) is 9.47 Å². The van der Waals surface area contributed by atoms with E-state index < -0.39 is 5.79 Å². The molecule has 0 aliphatic carbocycles. The maximum atomic E-state index is 6.42. The zero-order valence-corrected chi connectivity index (χ0v) is 14.2. The smallest absolute Gasteiger partial charge is 0.204 e. The SMILES string of the molecule is CC1COC(c2ccccc2)(C(Cn2ccnn2)c2ccccc2)O1. The zero-order chi connectivity index (χ0) is 17.1. The minimum Gasteiger partial charge on any atom is -0.343 e. The second-order valence-corrected chi connectivity index (χ2v) is 6.36. The van der Waals surface area contributed by atoms with Crippen LogP contribution < -0.4 is 0 Å². The third-order valence-corrected chi connectivity index (χ3v) is 4.59. The second-order valence-electron chi connectivity index (χ2n) is 6.36. The van der Waals surface area contributed by atoms with Gasteiger partial charge >= 0.3 is 0 Å². The number of ether oxygens (including phenoxy) is 2. The van der Waals surface area contributed by atoms with Gasteiger partial charge in [0.1, 0.15) is 0 Å². The molecule has 3 atom stereocenters. The molecule has 25 heavy (non-hydrogen) atoms. The molecular formula is C20H21N3O2. The van der Waals surface area contributed by atoms with Crippen molar-refractivity contribution in [3.05, 3.63) is 84.2 Å². The average Bonchev–Trinajstić information content (AvgIpc) is 3.31. The van der Waals surface area contributed by atoms with Crippen molar-refractivity contribution in [1.82, 2.24) is 15.0 Å². The number of nitrogens with zero attached hydrogens (tertiary/aromatic N) is 3. The van der Waals surface area contributed by atoms with Crippen molar-refractivity contribution in [2.24, 2.45) is 0 Å². The molecular weight excluding hydrogens is 314 g/mol. The van der Waals surface area contributed by atoms with E-state index in [9.17, 15) is 0 Å². The fourth-order valence-electron chi connectivity index (χ4n) is 3.46. The third kappa shape index (κ3) is 3.08. The largest absolute Gasteiger partial charge is 0.343 e. The van der Waals surface area contributed by atoms with Gasteiger partial charge < -0.3 is 9.47 Å². The van der Waals surface area contributed by atoms with E-state index >= 15 is 0 Å². The Morgan fingerprint density at radius 2 is 1.84 bits per heavy atom. The van der Waals surface area contributed by atoms with Crippen LogP contribution in [-0.4, -0.2) is 27.7 Å². The number of hydrogen-bond acceptors (Lipinski definition) is 4. The second kappa shape index (κ2) is 6.78. The van der Waals surface area contributed by atoms with Gasteiger partial charge in [-0.05, 0) is 12.5 Å². The molecule has 0 spiro atoms. The van der Waals surface area contributed by atoms with Crippen LogP contribution in [0.3, 0.4) is 0 Å². The first kappa shape index (κ1) is 16.0. The van der Waals surface area contributed by atoms with Crippen molar-refractivity contribution in [1.29, 1.82) is 0 Å². The van der Waals surface area contributed by atoms with E-state index in [-0.39, 0.29) is 12.0 Å². The van der Waals surface area contributed by atoms with E-state index in [1.165, 1.54) is 0 Å². The lowest BCUT2D eigenvalue weighted by atomic mass is 9.85. The minimum absolute atomic E-state index is 0.0298. The molecule has 0 radical (unpaired) electrons. The van der Waals surface area contributed by atoms with Crippen LogP contribution >= 0.6 is 0 Å². The Bertz CT molecular complexity index is 792. The van der Waals surface area contributed by atoms with E-state index in [1.807, 2.05) is 54.2 Å². The number of aromatic nitrogens is 3. The molecule has 5 heteroatoms. The van der Waals surface area contributed by atoms with Crippen LogP contribution in [0.15, 0.2) is 73.1 Å². The molecule has 2 aromatic carbocycles. The average molecular weight is 335 g/mol. The summed E-state index contributed by atoms with van der Waals surface area (Å²) in [5.41, 5.74) is 2.17. The molecule has 0 N–H and O–H groups in total. The summed E-state index contributed by atoms with van der Waals surface area (Å²) < 4.78 is 14.6. The summed E-state index contributed by atoms with van der Waals surface area (Å²) in [6.45, 7) is 3.23. The topological polar surface area (TPSA) is 49.2 Å². The summed E-state index contributed by atoms with van der Waals surface area (Å²) >= 11 is 0. The normalized spacial score (nSPS) is 24.3. The van der Waals surface area contributed by atoms with Crippen LogP contribution in [0.4, 0.5) is 0 Å². The lowest BCUT2D eigenvalue weighted by Gasteiger charge is -2.36. The Balaban J connectivity index is 1.82. The van der Waals surface area contributed by atoms with Crippen LogP contribution in [0.1, 0.15) is 24.0 Å². The van der Waals surface area contributed by atoms with Crippen LogP contribution in [-0.2, 0) is 21.8 Å². The highest BCUT2D eigenvalue weighted by Gasteiger charge is 2.49. The maximum Gasteiger partial charge on any atom is 0.204 e. The Morgan fingerprint density at radius 3 is 2.44 bits per heavy atom. The van der Waals surface area contributed by atoms with Gasteiger partial charge in [0.25, 0.3) is 0 Å². The first-order valence-electron chi connectivity index (χ1n) is 8.54. The first-order chi connectivity index (χ1) is 12.3. The van der Waals surface area contributed by atoms with E-state index in [0.717, 1.165) is 11.1 Å². The van der Waals surface area contributed by atoms with Gasteiger partial charge in [-0.3, -0.25) is 4.68 Å². The van der Waals surface area contributed by atoms with Crippen LogP contribution in [0.2, 0.25) is 0 Å². The predicted octanol–water partition coefficient (Wildman–Crippen LogP) is 3.35. The molecule has 3 unspecified atom stereocenters. The minimum atomic E-state index is -0.839. The van der Waals surface area contributed by atoms with Gasteiger partial charge in [0.2, 0.25) is 5.79 Å². The number of rotatable bonds is 5. The molecule has 1 aromatic heterocycles. The van der Waals surface area contributed by atoms with Crippen LogP contribution in [0, 0.1) is 0 Å². The summed E-state index contributed by atoms with van der Waals surface area (Å²) in [4.78, 5) is 0. The molecule has 1 aliphatic rings. The van der Waals surface area contributed by atoms with Crippen molar-refractivity contribution in [3.63, 3.8) is 0 Å². The Labute approximate surface area is 147 Å². The van der Waals surface area contributed by atoms with Gasteiger partial charge in [-0.25, -0.2) is 0 Å².